The van der Waals surface area contributed by atoms with Crippen molar-refractivity contribution < 1.29 is 38.1 Å². The molecule has 2 aliphatic carbocycles. The van der Waals surface area contributed by atoms with Crippen molar-refractivity contribution in [3.05, 3.63) is 28.8 Å². The summed E-state index contributed by atoms with van der Waals surface area (Å²) in [6.45, 7) is 5.87. The number of carbonyl (C=O) groups is 4. The Morgan fingerprint density at radius 1 is 0.667 bits per heavy atom. The highest BCUT2D eigenvalue weighted by molar-refractivity contribution is 6.31. The van der Waals surface area contributed by atoms with E-state index in [1.165, 1.54) is 12.1 Å². The van der Waals surface area contributed by atoms with E-state index in [1.807, 2.05) is 13.8 Å². The van der Waals surface area contributed by atoms with Crippen molar-refractivity contribution >= 4 is 52.3 Å². The first-order chi connectivity index (χ1) is 19.8. The monoisotopic (exact) mass is 583 g/mol. The van der Waals surface area contributed by atoms with Gasteiger partial charge in [-0.25, -0.2) is 19.2 Å². The van der Waals surface area contributed by atoms with Crippen LogP contribution in [0.15, 0.2) is 12.1 Å². The Bertz CT molecular complexity index is 1350. The highest BCUT2D eigenvalue weighted by Crippen LogP contribution is 2.50. The van der Waals surface area contributed by atoms with Gasteiger partial charge in [0.15, 0.2) is 11.5 Å². The average Bonchev–Trinajstić information content (AvgIpc) is 3.88. The van der Waals surface area contributed by atoms with Crippen LogP contribution in [-0.2, 0) is 19.1 Å². The van der Waals surface area contributed by atoms with Gasteiger partial charge in [0, 0.05) is 10.8 Å². The minimum Gasteiger partial charge on any atom is -0.461 e. The third-order valence-corrected chi connectivity index (χ3v) is 8.33. The van der Waals surface area contributed by atoms with Crippen molar-refractivity contribution in [1.29, 1.82) is 0 Å². The first kappa shape index (κ1) is 30.3. The molecule has 0 unspecified atom stereocenters. The van der Waals surface area contributed by atoms with Crippen LogP contribution in [0.5, 0.6) is 11.5 Å². The van der Waals surface area contributed by atoms with Gasteiger partial charge >= 0.3 is 23.9 Å². The number of nitrogens with two attached hydrogens (primary N) is 5. The van der Waals surface area contributed by atoms with Gasteiger partial charge in [-0.2, -0.15) is 0 Å². The Hall–Kier alpha value is -4.68. The quantitative estimate of drug-likeness (QED) is 0.117. The van der Waals surface area contributed by atoms with Crippen LogP contribution in [0.2, 0.25) is 0 Å². The number of esters is 4. The molecule has 2 fully saturated rings. The Balaban J connectivity index is 1.56. The number of anilines is 5. The lowest BCUT2D eigenvalue weighted by Crippen LogP contribution is -2.28. The lowest BCUT2D eigenvalue weighted by Gasteiger charge is -2.19. The molecule has 0 aliphatic heterocycles. The number of benzene rings is 2. The Kier molecular flexibility index (Phi) is 8.15. The molecule has 0 atom stereocenters. The summed E-state index contributed by atoms with van der Waals surface area (Å²) in [6, 6.07) is 2.55. The number of hydrogen-bond donors (Lipinski definition) is 5. The van der Waals surface area contributed by atoms with Gasteiger partial charge in [0.05, 0.1) is 41.7 Å². The molecule has 0 radical (unpaired) electrons. The van der Waals surface area contributed by atoms with E-state index in [2.05, 4.69) is 0 Å². The summed E-state index contributed by atoms with van der Waals surface area (Å²) in [5.74, 6) is -5.95. The zero-order valence-corrected chi connectivity index (χ0v) is 24.0. The van der Waals surface area contributed by atoms with Gasteiger partial charge in [-0.3, -0.25) is 0 Å². The fraction of sp³-hybridized carbons (Fsp3) is 0.448. The Labute approximate surface area is 242 Å². The number of aryl methyl sites for hydroxylation is 1. The lowest BCUT2D eigenvalue weighted by molar-refractivity contribution is -0.156. The Morgan fingerprint density at radius 3 is 1.48 bits per heavy atom. The third-order valence-electron chi connectivity index (χ3n) is 8.33. The van der Waals surface area contributed by atoms with Crippen LogP contribution in [0, 0.1) is 17.8 Å². The molecular formula is C29H37N5O8. The van der Waals surface area contributed by atoms with E-state index >= 15 is 0 Å². The first-order valence-electron chi connectivity index (χ1n) is 13.7. The second-order valence-electron chi connectivity index (χ2n) is 11.2. The van der Waals surface area contributed by atoms with Crippen molar-refractivity contribution in [2.75, 3.05) is 41.9 Å². The maximum Gasteiger partial charge on any atom is 0.423 e. The molecule has 42 heavy (non-hydrogen) atoms. The van der Waals surface area contributed by atoms with Gasteiger partial charge in [0.25, 0.3) is 0 Å². The molecular weight excluding hydrogens is 546 g/mol. The zero-order valence-electron chi connectivity index (χ0n) is 24.0. The van der Waals surface area contributed by atoms with E-state index in [4.69, 9.17) is 47.6 Å². The number of hydrogen-bond acceptors (Lipinski definition) is 13. The van der Waals surface area contributed by atoms with Crippen LogP contribution in [0.1, 0.15) is 78.7 Å². The molecule has 2 aliphatic rings. The van der Waals surface area contributed by atoms with Crippen LogP contribution in [0.4, 0.5) is 28.4 Å². The van der Waals surface area contributed by atoms with E-state index in [0.29, 0.717) is 5.56 Å². The second kappa shape index (κ2) is 11.3. The van der Waals surface area contributed by atoms with Gasteiger partial charge in [-0.15, -0.1) is 0 Å². The number of ether oxygens (including phenoxy) is 4. The molecule has 2 aromatic rings. The molecule has 4 rings (SSSR count). The maximum absolute atomic E-state index is 13.1. The van der Waals surface area contributed by atoms with Gasteiger partial charge in [0.1, 0.15) is 11.1 Å². The molecule has 2 saturated carbocycles. The molecule has 13 heteroatoms. The first-order valence-corrected chi connectivity index (χ1v) is 13.7. The smallest absolute Gasteiger partial charge is 0.423 e. The highest BCUT2D eigenvalue weighted by Gasteiger charge is 2.43. The van der Waals surface area contributed by atoms with Crippen molar-refractivity contribution in [1.82, 2.24) is 0 Å². The number of nitrogen functional groups attached to an aromatic ring is 5. The molecule has 0 heterocycles. The second-order valence-corrected chi connectivity index (χ2v) is 11.2. The molecule has 10 N–H and O–H groups in total. The minimum absolute atomic E-state index is 0.0344. The predicted molar refractivity (Wildman–Crippen MR) is 155 cm³/mol. The molecule has 13 nitrogen and oxygen atoms in total. The summed E-state index contributed by atoms with van der Waals surface area (Å²) in [6.07, 6.45) is 5.28. The topological polar surface area (TPSA) is 235 Å². The predicted octanol–water partition coefficient (Wildman–Crippen LogP) is 3.11. The molecule has 0 aromatic heterocycles. The van der Waals surface area contributed by atoms with Crippen LogP contribution < -0.4 is 38.1 Å². The molecule has 226 valence electrons. The van der Waals surface area contributed by atoms with Gasteiger partial charge in [0.2, 0.25) is 0 Å². The van der Waals surface area contributed by atoms with Crippen molar-refractivity contribution in [3.63, 3.8) is 0 Å². The SMILES string of the molecule is CCC1(COC(=O)c2c(N)c(C)cc(N)c2OC(=O)C(=O)Oc2c(N)cc(N)c(N)c2C(=O)OCC2(CC)CC2)CC1. The summed E-state index contributed by atoms with van der Waals surface area (Å²) < 4.78 is 21.3. The highest BCUT2D eigenvalue weighted by atomic mass is 16.6. The van der Waals surface area contributed by atoms with E-state index in [0.717, 1.165) is 38.5 Å². The molecule has 0 bridgehead atoms. The van der Waals surface area contributed by atoms with Crippen molar-refractivity contribution in [2.24, 2.45) is 10.8 Å². The number of rotatable bonds is 10. The van der Waals surface area contributed by atoms with Crippen LogP contribution in [0.25, 0.3) is 0 Å². The average molecular weight is 584 g/mol. The fourth-order valence-corrected chi connectivity index (χ4v) is 4.59. The zero-order chi connectivity index (χ0) is 31.0. The van der Waals surface area contributed by atoms with Crippen LogP contribution in [0.3, 0.4) is 0 Å². The standard InChI is InChI=1S/C29H37N5O8/c1-4-28(6-7-28)12-39-24(35)18-20(33)14(3)10-16(31)22(18)41-26(37)27(38)42-23-17(32)11-15(30)21(34)19(23)25(36)40-13-29(5-2)8-9-29/h10-11H,4-9,12-13,30-34H2,1-3H3. The summed E-state index contributed by atoms with van der Waals surface area (Å²) >= 11 is 0. The lowest BCUT2D eigenvalue weighted by atomic mass is 10.0. The van der Waals surface area contributed by atoms with Crippen molar-refractivity contribution in [2.45, 2.75) is 59.3 Å². The summed E-state index contributed by atoms with van der Waals surface area (Å²) in [5.41, 5.74) is 28.9. The largest absolute Gasteiger partial charge is 0.461 e. The third kappa shape index (κ3) is 5.99. The molecule has 0 amide bonds. The van der Waals surface area contributed by atoms with E-state index in [-0.39, 0.29) is 58.0 Å². The summed E-state index contributed by atoms with van der Waals surface area (Å²) in [7, 11) is 0. The van der Waals surface area contributed by atoms with E-state index in [1.54, 1.807) is 6.92 Å². The fourth-order valence-electron chi connectivity index (χ4n) is 4.59. The van der Waals surface area contributed by atoms with Crippen LogP contribution >= 0.6 is 0 Å². The molecule has 0 spiro atoms. The maximum atomic E-state index is 13.1. The van der Waals surface area contributed by atoms with E-state index in [9.17, 15) is 19.2 Å². The van der Waals surface area contributed by atoms with Crippen molar-refractivity contribution in [3.8, 4) is 11.5 Å². The molecule has 0 saturated heterocycles. The van der Waals surface area contributed by atoms with Crippen LogP contribution in [-0.4, -0.2) is 37.1 Å². The summed E-state index contributed by atoms with van der Waals surface area (Å²) in [4.78, 5) is 51.9. The van der Waals surface area contributed by atoms with Gasteiger partial charge in [-0.05, 0) is 63.1 Å². The van der Waals surface area contributed by atoms with Gasteiger partial charge < -0.3 is 47.6 Å². The summed E-state index contributed by atoms with van der Waals surface area (Å²) in [5, 5.41) is 0. The molecule has 2 aromatic carbocycles. The Morgan fingerprint density at radius 2 is 1.07 bits per heavy atom. The normalized spacial score (nSPS) is 15.8. The van der Waals surface area contributed by atoms with E-state index < -0.39 is 40.9 Å². The number of carbonyl (C=O) groups excluding carboxylic acids is 4. The minimum atomic E-state index is -1.59. The van der Waals surface area contributed by atoms with Gasteiger partial charge in [-0.1, -0.05) is 13.8 Å².